The third-order valence-electron chi connectivity index (χ3n) is 2.87. The number of hydrogen-bond donors (Lipinski definition) is 0. The highest BCUT2D eigenvalue weighted by Gasteiger charge is 2.14. The van der Waals surface area contributed by atoms with Crippen LogP contribution in [0.1, 0.15) is 12.1 Å². The Labute approximate surface area is 112 Å². The standard InChI is InChI=1S/C15H14N4/c1-2-7-14(8-3-1)19-11-9-15(18-19)17-12-13-6-4-5-10-16-13/h1-8,10,12H,9,11H2. The average Bonchev–Trinajstić information content (AvgIpc) is 2.96. The Bertz CT molecular complexity index is 590. The fourth-order valence-electron chi connectivity index (χ4n) is 1.92. The van der Waals surface area contributed by atoms with Crippen molar-refractivity contribution in [2.24, 2.45) is 10.1 Å². The molecule has 94 valence electrons. The predicted octanol–water partition coefficient (Wildman–Crippen LogP) is 2.72. The highest BCUT2D eigenvalue weighted by molar-refractivity contribution is 5.95. The molecule has 0 aliphatic carbocycles. The molecule has 19 heavy (non-hydrogen) atoms. The van der Waals surface area contributed by atoms with Crippen molar-refractivity contribution in [3.05, 3.63) is 60.4 Å². The largest absolute Gasteiger partial charge is 0.263 e. The van der Waals surface area contributed by atoms with Gasteiger partial charge in [-0.2, -0.15) is 5.10 Å². The monoisotopic (exact) mass is 250 g/mol. The summed E-state index contributed by atoms with van der Waals surface area (Å²) < 4.78 is 0. The zero-order chi connectivity index (χ0) is 12.9. The molecule has 4 nitrogen and oxygen atoms in total. The van der Waals surface area contributed by atoms with Gasteiger partial charge in [-0.05, 0) is 24.3 Å². The molecule has 2 aromatic rings. The Balaban J connectivity index is 1.72. The molecule has 0 amide bonds. The number of amidine groups is 1. The molecule has 3 rings (SSSR count). The maximum atomic E-state index is 4.50. The molecule has 0 saturated carbocycles. The van der Waals surface area contributed by atoms with Crippen molar-refractivity contribution < 1.29 is 0 Å². The highest BCUT2D eigenvalue weighted by Crippen LogP contribution is 2.18. The fraction of sp³-hybridized carbons (Fsp3) is 0.133. The van der Waals surface area contributed by atoms with E-state index in [0.717, 1.165) is 30.2 Å². The molecule has 0 atom stereocenters. The van der Waals surface area contributed by atoms with Gasteiger partial charge in [0.1, 0.15) is 0 Å². The fourth-order valence-corrected chi connectivity index (χ4v) is 1.92. The second kappa shape index (κ2) is 5.44. The summed E-state index contributed by atoms with van der Waals surface area (Å²) in [5, 5.41) is 6.47. The molecule has 0 saturated heterocycles. The molecule has 1 aromatic heterocycles. The quantitative estimate of drug-likeness (QED) is 0.769. The summed E-state index contributed by atoms with van der Waals surface area (Å²) in [5.74, 6) is 0.842. The number of anilines is 1. The molecular weight excluding hydrogens is 236 g/mol. The van der Waals surface area contributed by atoms with E-state index < -0.39 is 0 Å². The van der Waals surface area contributed by atoms with Crippen molar-refractivity contribution in [1.82, 2.24) is 4.98 Å². The number of aliphatic imine (C=N–C) groups is 1. The minimum absolute atomic E-state index is 0.842. The van der Waals surface area contributed by atoms with E-state index in [0.29, 0.717) is 0 Å². The molecule has 0 bridgehead atoms. The van der Waals surface area contributed by atoms with Crippen molar-refractivity contribution in [2.75, 3.05) is 11.6 Å². The van der Waals surface area contributed by atoms with Gasteiger partial charge in [-0.1, -0.05) is 24.3 Å². The maximum absolute atomic E-state index is 4.50. The van der Waals surface area contributed by atoms with Gasteiger partial charge in [0.05, 0.1) is 17.6 Å². The summed E-state index contributed by atoms with van der Waals surface area (Å²) in [6.45, 7) is 0.874. The first kappa shape index (κ1) is 11.6. The Kier molecular flexibility index (Phi) is 3.32. The van der Waals surface area contributed by atoms with E-state index in [1.807, 2.05) is 41.4 Å². The Morgan fingerprint density at radius 3 is 2.68 bits per heavy atom. The van der Waals surface area contributed by atoms with Gasteiger partial charge >= 0.3 is 0 Å². The Morgan fingerprint density at radius 2 is 1.89 bits per heavy atom. The summed E-state index contributed by atoms with van der Waals surface area (Å²) >= 11 is 0. The average molecular weight is 250 g/mol. The third kappa shape index (κ3) is 2.85. The van der Waals surface area contributed by atoms with Crippen molar-refractivity contribution in [1.29, 1.82) is 0 Å². The van der Waals surface area contributed by atoms with Gasteiger partial charge in [-0.3, -0.25) is 9.99 Å². The van der Waals surface area contributed by atoms with Crippen molar-refractivity contribution in [3.8, 4) is 0 Å². The lowest BCUT2D eigenvalue weighted by Crippen LogP contribution is -2.11. The second-order valence-electron chi connectivity index (χ2n) is 4.24. The lowest BCUT2D eigenvalue weighted by molar-refractivity contribution is 0.922. The van der Waals surface area contributed by atoms with Crippen LogP contribution in [0.5, 0.6) is 0 Å². The molecule has 0 fully saturated rings. The molecule has 0 unspecified atom stereocenters. The van der Waals surface area contributed by atoms with Crippen LogP contribution in [-0.2, 0) is 0 Å². The molecule has 2 heterocycles. The van der Waals surface area contributed by atoms with Crippen LogP contribution in [0.2, 0.25) is 0 Å². The lowest BCUT2D eigenvalue weighted by atomic mass is 10.3. The number of benzene rings is 1. The first-order valence-electron chi connectivity index (χ1n) is 6.27. The number of pyridine rings is 1. The minimum Gasteiger partial charge on any atom is -0.263 e. The van der Waals surface area contributed by atoms with Crippen LogP contribution in [0, 0.1) is 0 Å². The van der Waals surface area contributed by atoms with E-state index in [1.165, 1.54) is 0 Å². The summed E-state index contributed by atoms with van der Waals surface area (Å²) in [7, 11) is 0. The first-order valence-corrected chi connectivity index (χ1v) is 6.27. The van der Waals surface area contributed by atoms with E-state index in [4.69, 9.17) is 0 Å². The molecule has 1 aliphatic heterocycles. The van der Waals surface area contributed by atoms with Crippen molar-refractivity contribution in [3.63, 3.8) is 0 Å². The number of aromatic nitrogens is 1. The second-order valence-corrected chi connectivity index (χ2v) is 4.24. The maximum Gasteiger partial charge on any atom is 0.150 e. The molecule has 0 N–H and O–H groups in total. The minimum atomic E-state index is 0.842. The summed E-state index contributed by atoms with van der Waals surface area (Å²) in [5.41, 5.74) is 1.95. The topological polar surface area (TPSA) is 40.9 Å². The Hall–Kier alpha value is -2.49. The summed E-state index contributed by atoms with van der Waals surface area (Å²) in [6, 6.07) is 15.9. The van der Waals surface area contributed by atoms with Gasteiger partial charge in [0.2, 0.25) is 0 Å². The van der Waals surface area contributed by atoms with Crippen LogP contribution < -0.4 is 5.01 Å². The van der Waals surface area contributed by atoms with Crippen molar-refractivity contribution in [2.45, 2.75) is 6.42 Å². The van der Waals surface area contributed by atoms with Gasteiger partial charge in [0, 0.05) is 19.2 Å². The normalized spacial score (nSPS) is 14.9. The lowest BCUT2D eigenvalue weighted by Gasteiger charge is -2.11. The van der Waals surface area contributed by atoms with Crippen LogP contribution in [0.15, 0.2) is 64.8 Å². The van der Waals surface area contributed by atoms with Gasteiger partial charge in [-0.25, -0.2) is 4.99 Å². The molecule has 4 heteroatoms. The van der Waals surface area contributed by atoms with E-state index in [9.17, 15) is 0 Å². The van der Waals surface area contributed by atoms with Crippen LogP contribution in [-0.4, -0.2) is 23.6 Å². The van der Waals surface area contributed by atoms with Gasteiger partial charge in [0.25, 0.3) is 0 Å². The Morgan fingerprint density at radius 1 is 1.05 bits per heavy atom. The van der Waals surface area contributed by atoms with Crippen LogP contribution in [0.4, 0.5) is 5.69 Å². The van der Waals surface area contributed by atoms with Gasteiger partial charge < -0.3 is 0 Å². The third-order valence-corrected chi connectivity index (χ3v) is 2.87. The zero-order valence-corrected chi connectivity index (χ0v) is 10.5. The number of rotatable bonds is 2. The zero-order valence-electron chi connectivity index (χ0n) is 10.5. The number of hydrogen-bond acceptors (Lipinski definition) is 4. The van der Waals surface area contributed by atoms with E-state index in [1.54, 1.807) is 12.4 Å². The van der Waals surface area contributed by atoms with E-state index >= 15 is 0 Å². The summed E-state index contributed by atoms with van der Waals surface area (Å²) in [6.07, 6.45) is 4.37. The number of hydrazone groups is 1. The van der Waals surface area contributed by atoms with Crippen LogP contribution >= 0.6 is 0 Å². The highest BCUT2D eigenvalue weighted by atomic mass is 15.5. The summed E-state index contributed by atoms with van der Waals surface area (Å²) in [4.78, 5) is 8.59. The van der Waals surface area contributed by atoms with E-state index in [2.05, 4.69) is 27.2 Å². The molecular formula is C15H14N4. The number of para-hydroxylation sites is 1. The molecule has 1 aliphatic rings. The van der Waals surface area contributed by atoms with Crippen LogP contribution in [0.25, 0.3) is 0 Å². The smallest absolute Gasteiger partial charge is 0.150 e. The molecule has 0 spiro atoms. The SMILES string of the molecule is C(=NC1=NN(c2ccccc2)CC1)c1ccccn1. The number of nitrogens with zero attached hydrogens (tertiary/aromatic N) is 4. The van der Waals surface area contributed by atoms with Crippen molar-refractivity contribution >= 4 is 17.7 Å². The molecule has 1 aromatic carbocycles. The van der Waals surface area contributed by atoms with Gasteiger partial charge in [0.15, 0.2) is 5.84 Å². The predicted molar refractivity (Wildman–Crippen MR) is 77.7 cm³/mol. The van der Waals surface area contributed by atoms with Gasteiger partial charge in [-0.15, -0.1) is 0 Å². The first-order chi connectivity index (χ1) is 9.42. The van der Waals surface area contributed by atoms with Crippen LogP contribution in [0.3, 0.4) is 0 Å². The molecule has 0 radical (unpaired) electrons. The van der Waals surface area contributed by atoms with E-state index in [-0.39, 0.29) is 0 Å².